The lowest BCUT2D eigenvalue weighted by Gasteiger charge is -2.07. The van der Waals surface area contributed by atoms with E-state index in [-0.39, 0.29) is 16.7 Å². The van der Waals surface area contributed by atoms with E-state index >= 15 is 0 Å². The number of aromatic hydroxyl groups is 2. The second-order valence-electron chi connectivity index (χ2n) is 3.05. The van der Waals surface area contributed by atoms with Crippen molar-refractivity contribution in [2.75, 3.05) is 6.61 Å². The molecule has 0 bridgehead atoms. The van der Waals surface area contributed by atoms with Gasteiger partial charge < -0.3 is 14.9 Å². The summed E-state index contributed by atoms with van der Waals surface area (Å²) in [6, 6.07) is 2.12. The van der Waals surface area contributed by atoms with Gasteiger partial charge in [0.05, 0.1) is 12.0 Å². The number of halogens is 1. The molecule has 6 heteroatoms. The summed E-state index contributed by atoms with van der Waals surface area (Å²) in [7, 11) is 0. The third kappa shape index (κ3) is 1.58. The van der Waals surface area contributed by atoms with Gasteiger partial charge in [-0.2, -0.15) is 9.97 Å². The standard InChI is InChI=1S/C10H9FN2O3/c1-2-16-6-4-3-5-8(7(6)11)12-10(15)13-9(5)14/h3-4H,2H2,1H3,(H2,12,13,14,15). The third-order valence-corrected chi connectivity index (χ3v) is 2.04. The van der Waals surface area contributed by atoms with E-state index in [1.807, 2.05) is 0 Å². The molecule has 1 heterocycles. The van der Waals surface area contributed by atoms with Crippen molar-refractivity contribution in [2.45, 2.75) is 6.92 Å². The first kappa shape index (κ1) is 10.4. The Morgan fingerprint density at radius 3 is 2.75 bits per heavy atom. The Labute approximate surface area is 90.1 Å². The van der Waals surface area contributed by atoms with E-state index in [1.165, 1.54) is 12.1 Å². The highest BCUT2D eigenvalue weighted by molar-refractivity contribution is 5.85. The van der Waals surface area contributed by atoms with Crippen LogP contribution in [-0.4, -0.2) is 26.8 Å². The third-order valence-electron chi connectivity index (χ3n) is 2.04. The number of fused-ring (bicyclic) bond motifs is 1. The van der Waals surface area contributed by atoms with Crippen molar-refractivity contribution in [3.63, 3.8) is 0 Å². The van der Waals surface area contributed by atoms with E-state index in [4.69, 9.17) is 9.84 Å². The molecule has 0 saturated carbocycles. The fourth-order valence-electron chi connectivity index (χ4n) is 1.38. The molecular formula is C10H9FN2O3. The van der Waals surface area contributed by atoms with Gasteiger partial charge in [0.1, 0.15) is 5.52 Å². The van der Waals surface area contributed by atoms with E-state index < -0.39 is 17.7 Å². The second kappa shape index (κ2) is 3.80. The van der Waals surface area contributed by atoms with Crippen LogP contribution >= 0.6 is 0 Å². The topological polar surface area (TPSA) is 75.5 Å². The van der Waals surface area contributed by atoms with E-state index in [1.54, 1.807) is 6.92 Å². The quantitative estimate of drug-likeness (QED) is 0.809. The van der Waals surface area contributed by atoms with E-state index in [9.17, 15) is 9.50 Å². The highest BCUT2D eigenvalue weighted by Crippen LogP contribution is 2.30. The summed E-state index contributed by atoms with van der Waals surface area (Å²) in [4.78, 5) is 6.82. The van der Waals surface area contributed by atoms with Crippen molar-refractivity contribution in [2.24, 2.45) is 0 Å². The Balaban J connectivity index is 2.73. The lowest BCUT2D eigenvalue weighted by atomic mass is 10.2. The largest absolute Gasteiger partial charge is 0.493 e. The van der Waals surface area contributed by atoms with Crippen LogP contribution in [0.5, 0.6) is 17.6 Å². The van der Waals surface area contributed by atoms with Crippen molar-refractivity contribution in [3.05, 3.63) is 17.9 Å². The molecule has 1 aromatic carbocycles. The lowest BCUT2D eigenvalue weighted by molar-refractivity contribution is 0.322. The predicted octanol–water partition coefficient (Wildman–Crippen LogP) is 1.58. The van der Waals surface area contributed by atoms with Gasteiger partial charge in [-0.25, -0.2) is 4.39 Å². The van der Waals surface area contributed by atoms with Gasteiger partial charge >= 0.3 is 6.01 Å². The molecule has 0 unspecified atom stereocenters. The van der Waals surface area contributed by atoms with Gasteiger partial charge in [0.2, 0.25) is 5.88 Å². The summed E-state index contributed by atoms with van der Waals surface area (Å²) in [6.07, 6.45) is 0. The van der Waals surface area contributed by atoms with Gasteiger partial charge in [-0.3, -0.25) is 0 Å². The molecule has 84 valence electrons. The van der Waals surface area contributed by atoms with E-state index in [0.29, 0.717) is 6.61 Å². The van der Waals surface area contributed by atoms with Gasteiger partial charge in [0.15, 0.2) is 11.6 Å². The number of nitrogens with zero attached hydrogens (tertiary/aromatic N) is 2. The lowest BCUT2D eigenvalue weighted by Crippen LogP contribution is -1.97. The normalized spacial score (nSPS) is 10.6. The van der Waals surface area contributed by atoms with Crippen LogP contribution in [0.15, 0.2) is 12.1 Å². The van der Waals surface area contributed by atoms with Gasteiger partial charge in [0, 0.05) is 0 Å². The van der Waals surface area contributed by atoms with Crippen LogP contribution in [0.2, 0.25) is 0 Å². The molecule has 5 nitrogen and oxygen atoms in total. The summed E-state index contributed by atoms with van der Waals surface area (Å²) in [5.41, 5.74) is -0.170. The molecule has 0 aliphatic carbocycles. The molecule has 0 amide bonds. The van der Waals surface area contributed by atoms with Gasteiger partial charge in [-0.15, -0.1) is 0 Å². The number of aromatic nitrogens is 2. The van der Waals surface area contributed by atoms with Crippen LogP contribution in [-0.2, 0) is 0 Å². The predicted molar refractivity (Wildman–Crippen MR) is 54.0 cm³/mol. The first-order chi connectivity index (χ1) is 7.63. The minimum Gasteiger partial charge on any atom is -0.493 e. The summed E-state index contributed by atoms with van der Waals surface area (Å²) in [5.74, 6) is -1.18. The number of benzene rings is 1. The van der Waals surface area contributed by atoms with Crippen LogP contribution < -0.4 is 4.74 Å². The average molecular weight is 224 g/mol. The van der Waals surface area contributed by atoms with Crippen LogP contribution in [0, 0.1) is 5.82 Å². The molecule has 0 spiro atoms. The molecular weight excluding hydrogens is 215 g/mol. The molecule has 1 aromatic heterocycles. The summed E-state index contributed by atoms with van der Waals surface area (Å²) in [5, 5.41) is 18.6. The number of ether oxygens (including phenoxy) is 1. The summed E-state index contributed by atoms with van der Waals surface area (Å²) in [6.45, 7) is 2.03. The van der Waals surface area contributed by atoms with Crippen molar-refractivity contribution >= 4 is 10.9 Å². The molecule has 0 saturated heterocycles. The zero-order chi connectivity index (χ0) is 11.7. The number of hydrogen-bond donors (Lipinski definition) is 2. The first-order valence-corrected chi connectivity index (χ1v) is 4.64. The molecule has 2 rings (SSSR count). The minimum absolute atomic E-state index is 0.0208. The molecule has 0 atom stereocenters. The van der Waals surface area contributed by atoms with Crippen LogP contribution in [0.3, 0.4) is 0 Å². The smallest absolute Gasteiger partial charge is 0.317 e. The molecule has 0 aliphatic rings. The number of rotatable bonds is 2. The maximum Gasteiger partial charge on any atom is 0.317 e. The van der Waals surface area contributed by atoms with Gasteiger partial charge in [-0.05, 0) is 19.1 Å². The maximum absolute atomic E-state index is 13.8. The summed E-state index contributed by atoms with van der Waals surface area (Å²) >= 11 is 0. The Morgan fingerprint density at radius 1 is 1.31 bits per heavy atom. The van der Waals surface area contributed by atoms with Crippen LogP contribution in [0.25, 0.3) is 10.9 Å². The molecule has 2 N–H and O–H groups in total. The second-order valence-corrected chi connectivity index (χ2v) is 3.05. The van der Waals surface area contributed by atoms with Crippen molar-refractivity contribution in [1.29, 1.82) is 0 Å². The average Bonchev–Trinajstić information content (AvgIpc) is 2.23. The monoisotopic (exact) mass is 224 g/mol. The first-order valence-electron chi connectivity index (χ1n) is 4.64. The van der Waals surface area contributed by atoms with Gasteiger partial charge in [0.25, 0.3) is 0 Å². The molecule has 0 fully saturated rings. The Kier molecular flexibility index (Phi) is 2.47. The molecule has 0 radical (unpaired) electrons. The minimum atomic E-state index is -0.729. The Bertz CT molecular complexity index is 545. The molecule has 2 aromatic rings. The van der Waals surface area contributed by atoms with Gasteiger partial charge in [-0.1, -0.05) is 0 Å². The Hall–Kier alpha value is -2.11. The molecule has 16 heavy (non-hydrogen) atoms. The summed E-state index contributed by atoms with van der Waals surface area (Å²) < 4.78 is 18.8. The van der Waals surface area contributed by atoms with Crippen molar-refractivity contribution in [1.82, 2.24) is 9.97 Å². The Morgan fingerprint density at radius 2 is 2.06 bits per heavy atom. The molecule has 0 aliphatic heterocycles. The fraction of sp³-hybridized carbons (Fsp3) is 0.200. The highest BCUT2D eigenvalue weighted by Gasteiger charge is 2.14. The SMILES string of the molecule is CCOc1ccc2c(O)nc(O)nc2c1F. The van der Waals surface area contributed by atoms with Crippen molar-refractivity contribution in [3.8, 4) is 17.6 Å². The number of hydrogen-bond acceptors (Lipinski definition) is 5. The van der Waals surface area contributed by atoms with Crippen molar-refractivity contribution < 1.29 is 19.3 Å². The fourth-order valence-corrected chi connectivity index (χ4v) is 1.38. The zero-order valence-corrected chi connectivity index (χ0v) is 8.44. The van der Waals surface area contributed by atoms with Crippen LogP contribution in [0.1, 0.15) is 6.92 Å². The zero-order valence-electron chi connectivity index (χ0n) is 8.44. The maximum atomic E-state index is 13.8. The van der Waals surface area contributed by atoms with E-state index in [2.05, 4.69) is 9.97 Å². The van der Waals surface area contributed by atoms with Crippen LogP contribution in [0.4, 0.5) is 4.39 Å². The highest BCUT2D eigenvalue weighted by atomic mass is 19.1. The van der Waals surface area contributed by atoms with E-state index in [0.717, 1.165) is 0 Å².